The van der Waals surface area contributed by atoms with E-state index in [9.17, 15) is 4.79 Å². The van der Waals surface area contributed by atoms with E-state index < -0.39 is 0 Å². The topological polar surface area (TPSA) is 44.4 Å². The lowest BCUT2D eigenvalue weighted by Crippen LogP contribution is -2.44. The number of amides is 1. The van der Waals surface area contributed by atoms with Gasteiger partial charge in [0.1, 0.15) is 0 Å². The maximum atomic E-state index is 11.0. The second kappa shape index (κ2) is 5.98. The van der Waals surface area contributed by atoms with Gasteiger partial charge in [-0.25, -0.2) is 0 Å². The Morgan fingerprint density at radius 1 is 1.28 bits per heavy atom. The Morgan fingerprint density at radius 2 is 1.89 bits per heavy atom. The fourth-order valence-corrected chi connectivity index (χ4v) is 2.33. The zero-order chi connectivity index (χ0) is 13.0. The molecule has 1 aliphatic rings. The molecule has 98 valence electrons. The molecule has 1 atom stereocenters. The zero-order valence-electron chi connectivity index (χ0n) is 11.1. The number of nitrogens with one attached hydrogen (secondary N) is 2. The molecule has 2 rings (SSSR count). The van der Waals surface area contributed by atoms with Gasteiger partial charge in [0, 0.05) is 44.8 Å². The summed E-state index contributed by atoms with van der Waals surface area (Å²) in [6.45, 7) is 8.07. The molecule has 1 amide bonds. The third kappa shape index (κ3) is 3.31. The first kappa shape index (κ1) is 13.1. The Morgan fingerprint density at radius 3 is 2.44 bits per heavy atom. The molecule has 0 aliphatic carbocycles. The monoisotopic (exact) mass is 247 g/mol. The van der Waals surface area contributed by atoms with Crippen molar-refractivity contribution in [2.75, 3.05) is 31.5 Å². The minimum Gasteiger partial charge on any atom is -0.326 e. The summed E-state index contributed by atoms with van der Waals surface area (Å²) in [5.41, 5.74) is 2.16. The molecule has 0 aromatic heterocycles. The molecule has 0 spiro atoms. The lowest BCUT2D eigenvalue weighted by atomic mass is 10.1. The lowest BCUT2D eigenvalue weighted by molar-refractivity contribution is -0.114. The van der Waals surface area contributed by atoms with Crippen LogP contribution in [-0.2, 0) is 4.79 Å². The molecule has 4 nitrogen and oxygen atoms in total. The highest BCUT2D eigenvalue weighted by atomic mass is 16.1. The van der Waals surface area contributed by atoms with Crippen LogP contribution in [0.1, 0.15) is 25.5 Å². The normalized spacial score (nSPS) is 18.3. The van der Waals surface area contributed by atoms with E-state index in [-0.39, 0.29) is 5.91 Å². The van der Waals surface area contributed by atoms with E-state index in [1.54, 1.807) is 0 Å². The minimum absolute atomic E-state index is 0.0297. The van der Waals surface area contributed by atoms with Gasteiger partial charge in [0.25, 0.3) is 0 Å². The third-order valence-corrected chi connectivity index (χ3v) is 3.41. The van der Waals surface area contributed by atoms with E-state index in [0.29, 0.717) is 6.04 Å². The number of carbonyl (C=O) groups excluding carboxylic acids is 1. The van der Waals surface area contributed by atoms with Crippen LogP contribution in [-0.4, -0.2) is 37.0 Å². The predicted molar refractivity (Wildman–Crippen MR) is 73.6 cm³/mol. The van der Waals surface area contributed by atoms with Crippen LogP contribution in [0.3, 0.4) is 0 Å². The number of rotatable bonds is 3. The maximum Gasteiger partial charge on any atom is 0.221 e. The van der Waals surface area contributed by atoms with Crippen LogP contribution in [0.2, 0.25) is 0 Å². The van der Waals surface area contributed by atoms with Crippen LogP contribution < -0.4 is 10.6 Å². The summed E-state index contributed by atoms with van der Waals surface area (Å²) in [7, 11) is 0. The molecule has 18 heavy (non-hydrogen) atoms. The predicted octanol–water partition coefficient (Wildman–Crippen LogP) is 1.61. The first-order valence-corrected chi connectivity index (χ1v) is 6.49. The Hall–Kier alpha value is -1.39. The second-order valence-corrected chi connectivity index (χ2v) is 4.77. The molecule has 1 saturated heterocycles. The van der Waals surface area contributed by atoms with Gasteiger partial charge in [-0.3, -0.25) is 9.69 Å². The van der Waals surface area contributed by atoms with Crippen molar-refractivity contribution < 1.29 is 4.79 Å². The molecule has 0 bridgehead atoms. The Balaban J connectivity index is 2.01. The fraction of sp³-hybridized carbons (Fsp3) is 0.500. The van der Waals surface area contributed by atoms with Crippen LogP contribution >= 0.6 is 0 Å². The van der Waals surface area contributed by atoms with Gasteiger partial charge in [-0.15, -0.1) is 0 Å². The molecule has 1 aliphatic heterocycles. The summed E-state index contributed by atoms with van der Waals surface area (Å²) in [5, 5.41) is 6.15. The fourth-order valence-electron chi connectivity index (χ4n) is 2.33. The average Bonchev–Trinajstić information content (AvgIpc) is 2.39. The number of benzene rings is 1. The zero-order valence-corrected chi connectivity index (χ0v) is 11.1. The molecule has 0 unspecified atom stereocenters. The number of hydrogen-bond acceptors (Lipinski definition) is 3. The third-order valence-electron chi connectivity index (χ3n) is 3.41. The van der Waals surface area contributed by atoms with E-state index >= 15 is 0 Å². The first-order valence-electron chi connectivity index (χ1n) is 6.49. The van der Waals surface area contributed by atoms with Crippen molar-refractivity contribution in [2.24, 2.45) is 0 Å². The van der Waals surface area contributed by atoms with E-state index in [1.807, 2.05) is 12.1 Å². The summed E-state index contributed by atoms with van der Waals surface area (Å²) in [6.07, 6.45) is 0. The SMILES string of the molecule is CC(=O)Nc1ccc([C@H](C)N2CCNCC2)cc1. The summed E-state index contributed by atoms with van der Waals surface area (Å²) >= 11 is 0. The Labute approximate surface area is 108 Å². The van der Waals surface area contributed by atoms with E-state index in [2.05, 4.69) is 34.6 Å². The van der Waals surface area contributed by atoms with Crippen molar-refractivity contribution in [3.8, 4) is 0 Å². The molecular weight excluding hydrogens is 226 g/mol. The van der Waals surface area contributed by atoms with Gasteiger partial charge in [-0.2, -0.15) is 0 Å². The van der Waals surface area contributed by atoms with E-state index in [1.165, 1.54) is 12.5 Å². The van der Waals surface area contributed by atoms with Gasteiger partial charge in [0.2, 0.25) is 5.91 Å². The lowest BCUT2D eigenvalue weighted by Gasteiger charge is -2.33. The molecular formula is C14H21N3O. The van der Waals surface area contributed by atoms with Gasteiger partial charge >= 0.3 is 0 Å². The standard InChI is InChI=1S/C14H21N3O/c1-11(17-9-7-15-8-10-17)13-3-5-14(6-4-13)16-12(2)18/h3-6,11,15H,7-10H2,1-2H3,(H,16,18)/t11-/m0/s1. The number of nitrogens with zero attached hydrogens (tertiary/aromatic N) is 1. The molecule has 4 heteroatoms. The highest BCUT2D eigenvalue weighted by Gasteiger charge is 2.17. The van der Waals surface area contributed by atoms with Crippen molar-refractivity contribution in [1.82, 2.24) is 10.2 Å². The smallest absolute Gasteiger partial charge is 0.221 e. The van der Waals surface area contributed by atoms with Gasteiger partial charge in [-0.1, -0.05) is 12.1 Å². The van der Waals surface area contributed by atoms with Gasteiger partial charge in [0.15, 0.2) is 0 Å². The molecule has 1 aromatic carbocycles. The summed E-state index contributed by atoms with van der Waals surface area (Å²) in [4.78, 5) is 13.4. The Kier molecular flexibility index (Phi) is 4.33. The maximum absolute atomic E-state index is 11.0. The molecule has 1 fully saturated rings. The average molecular weight is 247 g/mol. The van der Waals surface area contributed by atoms with Crippen molar-refractivity contribution in [2.45, 2.75) is 19.9 Å². The van der Waals surface area contributed by atoms with Gasteiger partial charge in [-0.05, 0) is 24.6 Å². The van der Waals surface area contributed by atoms with E-state index in [0.717, 1.165) is 31.9 Å². The highest BCUT2D eigenvalue weighted by molar-refractivity contribution is 5.88. The van der Waals surface area contributed by atoms with Crippen molar-refractivity contribution >= 4 is 11.6 Å². The quantitative estimate of drug-likeness (QED) is 0.853. The van der Waals surface area contributed by atoms with Crippen LogP contribution in [0.5, 0.6) is 0 Å². The number of anilines is 1. The summed E-state index contributed by atoms with van der Waals surface area (Å²) < 4.78 is 0. The van der Waals surface area contributed by atoms with Crippen LogP contribution in [0.25, 0.3) is 0 Å². The van der Waals surface area contributed by atoms with E-state index in [4.69, 9.17) is 0 Å². The van der Waals surface area contributed by atoms with Crippen molar-refractivity contribution in [3.05, 3.63) is 29.8 Å². The summed E-state index contributed by atoms with van der Waals surface area (Å²) in [6, 6.07) is 8.55. The number of hydrogen-bond donors (Lipinski definition) is 2. The van der Waals surface area contributed by atoms with Crippen molar-refractivity contribution in [1.29, 1.82) is 0 Å². The molecule has 1 aromatic rings. The molecule has 0 radical (unpaired) electrons. The van der Waals surface area contributed by atoms with Crippen LogP contribution in [0, 0.1) is 0 Å². The summed E-state index contributed by atoms with van der Waals surface area (Å²) in [5.74, 6) is -0.0297. The number of carbonyl (C=O) groups is 1. The van der Waals surface area contributed by atoms with Gasteiger partial charge < -0.3 is 10.6 Å². The minimum atomic E-state index is -0.0297. The van der Waals surface area contributed by atoms with Crippen LogP contribution in [0.4, 0.5) is 5.69 Å². The molecule has 1 heterocycles. The largest absolute Gasteiger partial charge is 0.326 e. The van der Waals surface area contributed by atoms with Crippen molar-refractivity contribution in [3.63, 3.8) is 0 Å². The molecule has 2 N–H and O–H groups in total. The first-order chi connectivity index (χ1) is 8.66. The molecule has 0 saturated carbocycles. The second-order valence-electron chi connectivity index (χ2n) is 4.77. The Bertz CT molecular complexity index is 396. The highest BCUT2D eigenvalue weighted by Crippen LogP contribution is 2.22. The van der Waals surface area contributed by atoms with Gasteiger partial charge in [0.05, 0.1) is 0 Å². The van der Waals surface area contributed by atoms with Crippen LogP contribution in [0.15, 0.2) is 24.3 Å². The number of piperazine rings is 1.